The molecule has 3 amide bonds. The summed E-state index contributed by atoms with van der Waals surface area (Å²) in [4.78, 5) is 78.5. The summed E-state index contributed by atoms with van der Waals surface area (Å²) in [5, 5.41) is 26.1. The maximum absolute atomic E-state index is 15.4. The number of hydrogen-bond donors (Lipinski definition) is 4. The van der Waals surface area contributed by atoms with E-state index in [1.54, 1.807) is 15.5 Å². The predicted octanol–water partition coefficient (Wildman–Crippen LogP) is 2.52. The van der Waals surface area contributed by atoms with Crippen molar-refractivity contribution in [2.24, 2.45) is 0 Å². The summed E-state index contributed by atoms with van der Waals surface area (Å²) in [6.45, 7) is 0.225. The molecule has 3 aliphatic heterocycles. The average molecular weight is 712 g/mol. The van der Waals surface area contributed by atoms with Gasteiger partial charge in [0.05, 0.1) is 23.7 Å². The van der Waals surface area contributed by atoms with Crippen LogP contribution in [0.25, 0.3) is 10.9 Å². The number of alkyl carbamates (subject to hydrolysis) is 1. The van der Waals surface area contributed by atoms with Crippen LogP contribution in [0.4, 0.5) is 14.9 Å². The molecule has 5 heterocycles. The lowest BCUT2D eigenvalue weighted by atomic mass is 10.0. The number of ether oxygens (including phenoxy) is 1. The Kier molecular flexibility index (Phi) is 8.56. The van der Waals surface area contributed by atoms with Gasteiger partial charge in [0, 0.05) is 46.9 Å². The third-order valence-electron chi connectivity index (χ3n) is 8.98. The Morgan fingerprint density at radius 3 is 2.55 bits per heavy atom. The van der Waals surface area contributed by atoms with Crippen LogP contribution < -0.4 is 21.0 Å². The number of thiophene rings is 1. The summed E-state index contributed by atoms with van der Waals surface area (Å²) in [5.74, 6) is -4.14. The van der Waals surface area contributed by atoms with Crippen molar-refractivity contribution in [1.82, 2.24) is 20.1 Å². The number of nitrogens with zero attached hydrogens (tertiary/aromatic N) is 3. The average Bonchev–Trinajstić information content (AvgIpc) is 3.58. The first-order valence-corrected chi connectivity index (χ1v) is 17.4. The van der Waals surface area contributed by atoms with Crippen molar-refractivity contribution < 1.29 is 43.3 Å². The molecule has 0 radical (unpaired) electrons. The highest BCUT2D eigenvalue weighted by molar-refractivity contribution is 8.00. The quantitative estimate of drug-likeness (QED) is 0.227. The van der Waals surface area contributed by atoms with Crippen molar-refractivity contribution >= 4 is 69.5 Å². The zero-order valence-corrected chi connectivity index (χ0v) is 27.4. The molecule has 4 N–H and O–H groups in total. The van der Waals surface area contributed by atoms with Gasteiger partial charge in [0.2, 0.25) is 11.3 Å². The van der Waals surface area contributed by atoms with Gasteiger partial charge in [0.25, 0.3) is 5.91 Å². The van der Waals surface area contributed by atoms with Crippen LogP contribution in [-0.2, 0) is 25.5 Å². The number of pyridine rings is 1. The summed E-state index contributed by atoms with van der Waals surface area (Å²) in [7, 11) is 0. The minimum absolute atomic E-state index is 0.0120. The van der Waals surface area contributed by atoms with Gasteiger partial charge in [0.1, 0.15) is 35.1 Å². The molecular formula is C32H30FN5O9S2. The van der Waals surface area contributed by atoms with Gasteiger partial charge < -0.3 is 35.1 Å². The Bertz CT molecular complexity index is 1990. The minimum Gasteiger partial charge on any atom is -0.477 e. The fraction of sp³-hybridized carbons (Fsp3) is 0.375. The van der Waals surface area contributed by atoms with Gasteiger partial charge in [-0.3, -0.25) is 19.3 Å². The Hall–Kier alpha value is -4.90. The number of carboxylic acids is 2. The molecule has 3 fully saturated rings. The maximum atomic E-state index is 15.4. The van der Waals surface area contributed by atoms with E-state index in [4.69, 9.17) is 4.74 Å². The number of carbonyl (C=O) groups is 5. The van der Waals surface area contributed by atoms with Crippen LogP contribution in [-0.4, -0.2) is 92.4 Å². The number of carboxylic acid groups (broad SMARTS) is 2. The van der Waals surface area contributed by atoms with Crippen LogP contribution in [0, 0.1) is 5.82 Å². The van der Waals surface area contributed by atoms with E-state index in [1.165, 1.54) is 29.3 Å². The number of carbonyl (C=O) groups excluding carboxylic acids is 3. The van der Waals surface area contributed by atoms with Crippen LogP contribution in [0.1, 0.15) is 40.5 Å². The topological polar surface area (TPSA) is 188 Å². The van der Waals surface area contributed by atoms with Crippen molar-refractivity contribution in [3.63, 3.8) is 0 Å². The second kappa shape index (κ2) is 12.9. The third-order valence-corrected chi connectivity index (χ3v) is 11.2. The second-order valence-corrected chi connectivity index (χ2v) is 14.4. The molecule has 7 rings (SSSR count). The monoisotopic (exact) mass is 711 g/mol. The zero-order valence-electron chi connectivity index (χ0n) is 25.7. The van der Waals surface area contributed by atoms with Gasteiger partial charge in [-0.05, 0) is 42.8 Å². The molecule has 0 spiro atoms. The minimum atomic E-state index is -1.37. The Morgan fingerprint density at radius 1 is 1.06 bits per heavy atom. The number of benzene rings is 1. The molecule has 1 unspecified atom stereocenters. The summed E-state index contributed by atoms with van der Waals surface area (Å²) < 4.78 is 22.4. The number of thioether (sulfide) groups is 1. The molecule has 17 heteroatoms. The number of amides is 3. The first kappa shape index (κ1) is 32.6. The predicted molar refractivity (Wildman–Crippen MR) is 176 cm³/mol. The zero-order chi connectivity index (χ0) is 34.6. The SMILES string of the molecule is O=C(Cc1cccs1)N[C@@H]1C(=O)N2C(C(=O)O)=C(COC(=O)NC3CCN(c4cc5c(cc4F)c(=O)c(C(=O)O)cn5C4CC4)C3)CS[C@H]12. The molecule has 3 atom stereocenters. The Morgan fingerprint density at radius 2 is 1.86 bits per heavy atom. The van der Waals surface area contributed by atoms with Gasteiger partial charge in [-0.2, -0.15) is 0 Å². The maximum Gasteiger partial charge on any atom is 0.407 e. The largest absolute Gasteiger partial charge is 0.477 e. The molecule has 49 heavy (non-hydrogen) atoms. The third kappa shape index (κ3) is 6.23. The normalized spacial score (nSPS) is 21.7. The van der Waals surface area contributed by atoms with Crippen molar-refractivity contribution in [2.45, 2.75) is 49.2 Å². The van der Waals surface area contributed by atoms with E-state index in [-0.39, 0.29) is 59.6 Å². The van der Waals surface area contributed by atoms with Crippen molar-refractivity contribution in [1.29, 1.82) is 0 Å². The van der Waals surface area contributed by atoms with Gasteiger partial charge in [-0.1, -0.05) is 6.07 Å². The number of aliphatic carboxylic acids is 1. The summed E-state index contributed by atoms with van der Waals surface area (Å²) in [6.07, 6.45) is 2.69. The number of nitrogens with one attached hydrogen (secondary N) is 2. The van der Waals surface area contributed by atoms with Crippen molar-refractivity contribution in [2.75, 3.05) is 30.3 Å². The van der Waals surface area contributed by atoms with Crippen LogP contribution in [0.3, 0.4) is 0 Å². The number of β-lactam (4-membered cyclic amide) rings is 1. The van der Waals surface area contributed by atoms with Gasteiger partial charge in [-0.25, -0.2) is 18.8 Å². The molecule has 3 aromatic rings. The highest BCUT2D eigenvalue weighted by Gasteiger charge is 2.54. The molecule has 14 nitrogen and oxygen atoms in total. The van der Waals surface area contributed by atoms with E-state index in [0.29, 0.717) is 18.5 Å². The van der Waals surface area contributed by atoms with Crippen LogP contribution in [0.15, 0.2) is 51.9 Å². The standard InChI is InChI=1S/C32H30FN5O9S2/c33-21-9-19-22(37(17-3-4-17)12-20(27(19)40)30(42)43)10-23(21)36-6-5-16(11-36)34-32(46)47-13-15-14-49-29-25(28(41)38(29)26(15)31(44)45)35-24(39)8-18-2-1-7-48-18/h1-2,7,9-10,12,16-17,25,29H,3-6,8,11,13-14H2,(H,34,46)(H,35,39)(H,42,43)(H,44,45)/t16?,25-,29-/m1/s1. The number of aromatic carboxylic acids is 1. The lowest BCUT2D eigenvalue weighted by molar-refractivity contribution is -0.150. The summed E-state index contributed by atoms with van der Waals surface area (Å²) in [6, 6.07) is 4.97. The van der Waals surface area contributed by atoms with E-state index >= 15 is 4.39 Å². The van der Waals surface area contributed by atoms with E-state index in [1.807, 2.05) is 17.5 Å². The molecule has 256 valence electrons. The van der Waals surface area contributed by atoms with E-state index < -0.39 is 58.2 Å². The number of anilines is 1. The van der Waals surface area contributed by atoms with Crippen LogP contribution in [0.2, 0.25) is 0 Å². The molecular weight excluding hydrogens is 682 g/mol. The molecule has 1 aliphatic carbocycles. The molecule has 2 saturated heterocycles. The van der Waals surface area contributed by atoms with Crippen LogP contribution >= 0.6 is 23.1 Å². The van der Waals surface area contributed by atoms with E-state index in [9.17, 15) is 39.0 Å². The Labute approximate surface area is 285 Å². The molecule has 4 aliphatic rings. The number of fused-ring (bicyclic) bond motifs is 2. The summed E-state index contributed by atoms with van der Waals surface area (Å²) in [5.41, 5.74) is -0.552. The number of hydrogen-bond acceptors (Lipinski definition) is 10. The molecule has 1 saturated carbocycles. The first-order valence-electron chi connectivity index (χ1n) is 15.5. The van der Waals surface area contributed by atoms with E-state index in [2.05, 4.69) is 10.6 Å². The number of rotatable bonds is 10. The highest BCUT2D eigenvalue weighted by atomic mass is 32.2. The number of aromatic nitrogens is 1. The molecule has 2 aromatic heterocycles. The fourth-order valence-electron chi connectivity index (χ4n) is 6.46. The van der Waals surface area contributed by atoms with E-state index in [0.717, 1.165) is 28.7 Å². The fourth-order valence-corrected chi connectivity index (χ4v) is 8.49. The first-order chi connectivity index (χ1) is 23.5. The number of halogens is 1. The summed E-state index contributed by atoms with van der Waals surface area (Å²) >= 11 is 2.68. The molecule has 1 aromatic carbocycles. The van der Waals surface area contributed by atoms with Gasteiger partial charge in [0.15, 0.2) is 0 Å². The van der Waals surface area contributed by atoms with Gasteiger partial charge >= 0.3 is 18.0 Å². The Balaban J connectivity index is 0.976. The lowest BCUT2D eigenvalue weighted by Crippen LogP contribution is -2.70. The van der Waals surface area contributed by atoms with Crippen molar-refractivity contribution in [3.8, 4) is 0 Å². The second-order valence-electron chi connectivity index (χ2n) is 12.3. The lowest BCUT2D eigenvalue weighted by Gasteiger charge is -2.49. The molecule has 0 bridgehead atoms. The highest BCUT2D eigenvalue weighted by Crippen LogP contribution is 2.41. The van der Waals surface area contributed by atoms with Crippen LogP contribution in [0.5, 0.6) is 0 Å². The van der Waals surface area contributed by atoms with Crippen molar-refractivity contribution in [3.05, 3.63) is 73.6 Å². The van der Waals surface area contributed by atoms with Gasteiger partial charge in [-0.15, -0.1) is 23.1 Å². The smallest absolute Gasteiger partial charge is 0.407 e.